The van der Waals surface area contributed by atoms with Crippen molar-refractivity contribution in [3.05, 3.63) is 29.8 Å². The van der Waals surface area contributed by atoms with Gasteiger partial charge in [0, 0.05) is 5.56 Å². The highest BCUT2D eigenvalue weighted by Crippen LogP contribution is 2.14. The first-order valence-electron chi connectivity index (χ1n) is 7.14. The van der Waals surface area contributed by atoms with Crippen LogP contribution in [0.4, 0.5) is 0 Å². The summed E-state index contributed by atoms with van der Waals surface area (Å²) in [6.45, 7) is 2.13. The Morgan fingerprint density at radius 2 is 2.00 bits per heavy atom. The molecule has 0 spiro atoms. The number of hydrogen-bond donors (Lipinski definition) is 3. The molecule has 0 amide bonds. The van der Waals surface area contributed by atoms with Crippen LogP contribution in [0.3, 0.4) is 0 Å². The van der Waals surface area contributed by atoms with E-state index in [1.54, 1.807) is 12.1 Å². The zero-order valence-electron chi connectivity index (χ0n) is 11.9. The molecule has 1 saturated heterocycles. The molecule has 6 heteroatoms. The van der Waals surface area contributed by atoms with Crippen LogP contribution < -0.4 is 15.8 Å². The van der Waals surface area contributed by atoms with E-state index in [4.69, 9.17) is 15.6 Å². The summed E-state index contributed by atoms with van der Waals surface area (Å²) in [5.41, 5.74) is 6.89. The SMILES string of the molecule is NC(=NC1CCNCC1)c1ccc(OCCC(=O)O)cc1. The van der Waals surface area contributed by atoms with Gasteiger partial charge in [-0.1, -0.05) is 0 Å². The van der Waals surface area contributed by atoms with Crippen LogP contribution in [-0.4, -0.2) is 42.6 Å². The van der Waals surface area contributed by atoms with Gasteiger partial charge in [-0.05, 0) is 50.2 Å². The third-order valence-corrected chi connectivity index (χ3v) is 3.37. The van der Waals surface area contributed by atoms with Gasteiger partial charge in [0.05, 0.1) is 19.1 Å². The predicted octanol–water partition coefficient (Wildman–Crippen LogP) is 0.997. The Kier molecular flexibility index (Phi) is 5.57. The number of amidine groups is 1. The second-order valence-corrected chi connectivity index (χ2v) is 5.01. The Hall–Kier alpha value is -2.08. The molecule has 6 nitrogen and oxygen atoms in total. The molecule has 4 N–H and O–H groups in total. The minimum absolute atomic E-state index is 0.0128. The standard InChI is InChI=1S/C15H21N3O3/c16-15(18-12-5-8-17-9-6-12)11-1-3-13(4-2-11)21-10-7-14(19)20/h1-4,12,17H,5-10H2,(H2,16,18)(H,19,20). The van der Waals surface area contributed by atoms with Crippen molar-refractivity contribution in [3.8, 4) is 5.75 Å². The van der Waals surface area contributed by atoms with Crippen LogP contribution >= 0.6 is 0 Å². The number of carboxylic acids is 1. The molecule has 0 aromatic heterocycles. The third kappa shape index (κ3) is 5.07. The Morgan fingerprint density at radius 3 is 2.62 bits per heavy atom. The summed E-state index contributed by atoms with van der Waals surface area (Å²) in [5, 5.41) is 11.8. The van der Waals surface area contributed by atoms with Gasteiger partial charge < -0.3 is 20.9 Å². The van der Waals surface area contributed by atoms with Crippen molar-refractivity contribution in [2.24, 2.45) is 10.7 Å². The maximum atomic E-state index is 10.4. The zero-order chi connectivity index (χ0) is 15.1. The van der Waals surface area contributed by atoms with E-state index < -0.39 is 5.97 Å². The van der Waals surface area contributed by atoms with Crippen LogP contribution in [0.15, 0.2) is 29.3 Å². The number of carbonyl (C=O) groups is 1. The van der Waals surface area contributed by atoms with E-state index in [0.29, 0.717) is 11.6 Å². The fraction of sp³-hybridized carbons (Fsp3) is 0.467. The summed E-state index contributed by atoms with van der Waals surface area (Å²) in [5.74, 6) is 0.304. The molecule has 2 rings (SSSR count). The van der Waals surface area contributed by atoms with E-state index in [-0.39, 0.29) is 19.1 Å². The maximum absolute atomic E-state index is 10.4. The lowest BCUT2D eigenvalue weighted by atomic mass is 10.1. The lowest BCUT2D eigenvalue weighted by molar-refractivity contribution is -0.137. The van der Waals surface area contributed by atoms with E-state index in [0.717, 1.165) is 31.5 Å². The molecule has 1 aliphatic heterocycles. The molecular weight excluding hydrogens is 270 g/mol. The lowest BCUT2D eigenvalue weighted by Gasteiger charge is -2.19. The lowest BCUT2D eigenvalue weighted by Crippen LogP contribution is -2.31. The quantitative estimate of drug-likeness (QED) is 0.536. The number of nitrogens with zero attached hydrogens (tertiary/aromatic N) is 1. The van der Waals surface area contributed by atoms with Crippen LogP contribution in [0.5, 0.6) is 5.75 Å². The van der Waals surface area contributed by atoms with Crippen molar-refractivity contribution >= 4 is 11.8 Å². The molecule has 114 valence electrons. The minimum Gasteiger partial charge on any atom is -0.493 e. The highest BCUT2D eigenvalue weighted by molar-refractivity contribution is 5.97. The summed E-state index contributed by atoms with van der Waals surface area (Å²) in [4.78, 5) is 15.0. The summed E-state index contributed by atoms with van der Waals surface area (Å²) in [6.07, 6.45) is 2.01. The molecule has 1 fully saturated rings. The average molecular weight is 291 g/mol. The number of hydrogen-bond acceptors (Lipinski definition) is 4. The van der Waals surface area contributed by atoms with Crippen LogP contribution in [0.1, 0.15) is 24.8 Å². The van der Waals surface area contributed by atoms with Crippen molar-refractivity contribution in [1.29, 1.82) is 0 Å². The number of nitrogens with one attached hydrogen (secondary N) is 1. The summed E-state index contributed by atoms with van der Waals surface area (Å²) in [7, 11) is 0. The number of ether oxygens (including phenoxy) is 1. The van der Waals surface area contributed by atoms with Gasteiger partial charge in [0.25, 0.3) is 0 Å². The van der Waals surface area contributed by atoms with Gasteiger partial charge in [-0.25, -0.2) is 0 Å². The largest absolute Gasteiger partial charge is 0.493 e. The Bertz CT molecular complexity index is 493. The molecule has 1 aromatic carbocycles. The summed E-state index contributed by atoms with van der Waals surface area (Å²) >= 11 is 0. The molecule has 0 saturated carbocycles. The molecule has 1 aromatic rings. The van der Waals surface area contributed by atoms with Gasteiger partial charge in [0.15, 0.2) is 0 Å². The van der Waals surface area contributed by atoms with Gasteiger partial charge in [-0.2, -0.15) is 0 Å². The number of aliphatic carboxylic acids is 1. The topological polar surface area (TPSA) is 96.9 Å². The van der Waals surface area contributed by atoms with Gasteiger partial charge >= 0.3 is 5.97 Å². The second kappa shape index (κ2) is 7.64. The van der Waals surface area contributed by atoms with Crippen LogP contribution in [0.25, 0.3) is 0 Å². The van der Waals surface area contributed by atoms with E-state index in [1.807, 2.05) is 12.1 Å². The predicted molar refractivity (Wildman–Crippen MR) is 80.8 cm³/mol. The third-order valence-electron chi connectivity index (χ3n) is 3.37. The fourth-order valence-corrected chi connectivity index (χ4v) is 2.19. The van der Waals surface area contributed by atoms with Gasteiger partial charge in [0.2, 0.25) is 0 Å². The van der Waals surface area contributed by atoms with Crippen molar-refractivity contribution in [3.63, 3.8) is 0 Å². The Balaban J connectivity index is 1.91. The first kappa shape index (κ1) is 15.3. The number of carboxylic acid groups (broad SMARTS) is 1. The highest BCUT2D eigenvalue weighted by Gasteiger charge is 2.12. The Labute approximate surface area is 124 Å². The summed E-state index contributed by atoms with van der Waals surface area (Å²) in [6, 6.07) is 7.54. The first-order chi connectivity index (χ1) is 10.1. The van der Waals surface area contributed by atoms with Crippen LogP contribution in [0, 0.1) is 0 Å². The van der Waals surface area contributed by atoms with Gasteiger partial charge in [0.1, 0.15) is 11.6 Å². The molecule has 1 aliphatic rings. The molecule has 0 unspecified atom stereocenters. The van der Waals surface area contributed by atoms with Crippen molar-refractivity contribution < 1.29 is 14.6 Å². The number of nitrogens with two attached hydrogens (primary N) is 1. The molecule has 1 heterocycles. The average Bonchev–Trinajstić information content (AvgIpc) is 2.48. The maximum Gasteiger partial charge on any atom is 0.306 e. The molecule has 0 atom stereocenters. The highest BCUT2D eigenvalue weighted by atomic mass is 16.5. The second-order valence-electron chi connectivity index (χ2n) is 5.01. The van der Waals surface area contributed by atoms with E-state index in [1.165, 1.54) is 0 Å². The molecule has 0 radical (unpaired) electrons. The molecule has 0 bridgehead atoms. The monoisotopic (exact) mass is 291 g/mol. The number of benzene rings is 1. The molecule has 21 heavy (non-hydrogen) atoms. The molecule has 0 aliphatic carbocycles. The normalized spacial score (nSPS) is 16.7. The van der Waals surface area contributed by atoms with Crippen LogP contribution in [-0.2, 0) is 4.79 Å². The fourth-order valence-electron chi connectivity index (χ4n) is 2.19. The number of aliphatic imine (C=N–C) groups is 1. The van der Waals surface area contributed by atoms with E-state index in [2.05, 4.69) is 10.3 Å². The smallest absolute Gasteiger partial charge is 0.306 e. The van der Waals surface area contributed by atoms with Crippen molar-refractivity contribution in [2.45, 2.75) is 25.3 Å². The van der Waals surface area contributed by atoms with Crippen LogP contribution in [0.2, 0.25) is 0 Å². The molecular formula is C15H21N3O3. The van der Waals surface area contributed by atoms with E-state index >= 15 is 0 Å². The minimum atomic E-state index is -0.870. The van der Waals surface area contributed by atoms with Gasteiger partial charge in [-0.15, -0.1) is 0 Å². The number of piperidine rings is 1. The zero-order valence-corrected chi connectivity index (χ0v) is 11.9. The summed E-state index contributed by atoms with van der Waals surface area (Å²) < 4.78 is 5.33. The number of rotatable bonds is 6. The van der Waals surface area contributed by atoms with E-state index in [9.17, 15) is 4.79 Å². The van der Waals surface area contributed by atoms with Crippen molar-refractivity contribution in [2.75, 3.05) is 19.7 Å². The first-order valence-corrected chi connectivity index (χ1v) is 7.14. The Morgan fingerprint density at radius 1 is 1.33 bits per heavy atom. The van der Waals surface area contributed by atoms with Gasteiger partial charge in [-0.3, -0.25) is 9.79 Å². The van der Waals surface area contributed by atoms with Crippen molar-refractivity contribution in [1.82, 2.24) is 5.32 Å².